The fourth-order valence-electron chi connectivity index (χ4n) is 3.47. The molecule has 6 nitrogen and oxygen atoms in total. The Kier molecular flexibility index (Phi) is 7.57. The van der Waals surface area contributed by atoms with Crippen LogP contribution in [0.1, 0.15) is 55.2 Å². The Balaban J connectivity index is 1.81. The smallest absolute Gasteiger partial charge is 0.338 e. The molecule has 0 aliphatic heterocycles. The molecule has 35 heavy (non-hydrogen) atoms. The Morgan fingerprint density at radius 1 is 1.11 bits per heavy atom. The number of carbonyl (C=O) groups excluding carboxylic acids is 2. The fraction of sp³-hybridized carbons (Fsp3) is 0.259. The zero-order valence-corrected chi connectivity index (χ0v) is 20.5. The van der Waals surface area contributed by atoms with Gasteiger partial charge in [-0.15, -0.1) is 0 Å². The Hall–Kier alpha value is -3.76. The summed E-state index contributed by atoms with van der Waals surface area (Å²) < 4.78 is 21.3. The number of ether oxygens (including phenoxy) is 1. The minimum Gasteiger partial charge on any atom is -0.456 e. The molecule has 0 saturated carbocycles. The Morgan fingerprint density at radius 3 is 2.37 bits per heavy atom. The number of pyridine rings is 1. The molecule has 0 radical (unpaired) electrons. The average Bonchev–Trinajstić information content (AvgIpc) is 2.79. The van der Waals surface area contributed by atoms with Gasteiger partial charge >= 0.3 is 5.97 Å². The minimum atomic E-state index is -0.939. The van der Waals surface area contributed by atoms with Gasteiger partial charge in [-0.25, -0.2) is 9.18 Å². The maximum Gasteiger partial charge on any atom is 0.338 e. The number of hydrogen-bond donors (Lipinski definition) is 0. The molecular weight excluding hydrogens is 471 g/mol. The van der Waals surface area contributed by atoms with E-state index in [2.05, 4.69) is 0 Å². The second-order valence-corrected chi connectivity index (χ2v) is 9.54. The summed E-state index contributed by atoms with van der Waals surface area (Å²) in [4.78, 5) is 37.8. The van der Waals surface area contributed by atoms with Gasteiger partial charge in [0.2, 0.25) is 0 Å². The van der Waals surface area contributed by atoms with Crippen molar-refractivity contribution >= 4 is 23.4 Å². The summed E-state index contributed by atoms with van der Waals surface area (Å²) in [5, 5.41) is 9.61. The molecule has 0 fully saturated rings. The summed E-state index contributed by atoms with van der Waals surface area (Å²) in [5.74, 6) is -1.54. The third-order valence-electron chi connectivity index (χ3n) is 5.27. The lowest BCUT2D eigenvalue weighted by atomic mass is 10.00. The first-order chi connectivity index (χ1) is 16.4. The average molecular weight is 495 g/mol. The van der Waals surface area contributed by atoms with Gasteiger partial charge in [-0.2, -0.15) is 5.26 Å². The van der Waals surface area contributed by atoms with Crippen molar-refractivity contribution in [2.75, 3.05) is 0 Å². The van der Waals surface area contributed by atoms with Gasteiger partial charge in [0.1, 0.15) is 11.4 Å². The van der Waals surface area contributed by atoms with E-state index in [1.807, 2.05) is 6.07 Å². The van der Waals surface area contributed by atoms with Crippen LogP contribution in [0.25, 0.3) is 11.1 Å². The molecule has 1 unspecified atom stereocenters. The molecule has 3 aromatic rings. The first-order valence-corrected chi connectivity index (χ1v) is 11.2. The van der Waals surface area contributed by atoms with Gasteiger partial charge in [0.25, 0.3) is 5.56 Å². The van der Waals surface area contributed by atoms with Crippen molar-refractivity contribution in [2.45, 2.75) is 45.8 Å². The van der Waals surface area contributed by atoms with Gasteiger partial charge in [0.05, 0.1) is 23.2 Å². The molecule has 0 spiro atoms. The highest BCUT2D eigenvalue weighted by molar-refractivity contribution is 6.30. The van der Waals surface area contributed by atoms with Crippen molar-refractivity contribution in [1.29, 1.82) is 5.26 Å². The van der Waals surface area contributed by atoms with Crippen LogP contribution in [0.3, 0.4) is 0 Å². The first-order valence-electron chi connectivity index (χ1n) is 10.9. The quantitative estimate of drug-likeness (QED) is 0.422. The van der Waals surface area contributed by atoms with Crippen molar-refractivity contribution in [3.05, 3.63) is 92.6 Å². The number of hydrogen-bond acceptors (Lipinski definition) is 5. The Morgan fingerprint density at radius 2 is 1.77 bits per heavy atom. The molecule has 180 valence electrons. The van der Waals surface area contributed by atoms with Crippen LogP contribution in [0.5, 0.6) is 0 Å². The summed E-state index contributed by atoms with van der Waals surface area (Å²) in [5.41, 5.74) is 0.0827. The van der Waals surface area contributed by atoms with E-state index in [4.69, 9.17) is 16.3 Å². The molecule has 0 aliphatic rings. The molecule has 1 heterocycles. The highest BCUT2D eigenvalue weighted by atomic mass is 35.5. The SMILES string of the molecule is CC(C(=O)Cc1ccc(C(=O)OC(C)(C)C)cc1)n1cc(F)c(-c2cc(Cl)ccc2C#N)cc1=O. The zero-order chi connectivity index (χ0) is 25.9. The molecule has 0 N–H and O–H groups in total. The molecule has 0 saturated heterocycles. The van der Waals surface area contributed by atoms with E-state index < -0.39 is 29.0 Å². The van der Waals surface area contributed by atoms with Gasteiger partial charge in [0, 0.05) is 34.8 Å². The van der Waals surface area contributed by atoms with Crippen molar-refractivity contribution in [1.82, 2.24) is 4.57 Å². The summed E-state index contributed by atoms with van der Waals surface area (Å²) >= 11 is 5.99. The predicted molar refractivity (Wildman–Crippen MR) is 131 cm³/mol. The molecule has 3 rings (SSSR count). The van der Waals surface area contributed by atoms with Crippen molar-refractivity contribution in [2.24, 2.45) is 0 Å². The lowest BCUT2D eigenvalue weighted by molar-refractivity contribution is -0.121. The van der Waals surface area contributed by atoms with Crippen molar-refractivity contribution < 1.29 is 18.7 Å². The van der Waals surface area contributed by atoms with E-state index in [-0.39, 0.29) is 28.9 Å². The monoisotopic (exact) mass is 494 g/mol. The number of halogens is 2. The molecule has 1 aromatic heterocycles. The normalized spacial score (nSPS) is 12.0. The van der Waals surface area contributed by atoms with Crippen molar-refractivity contribution in [3.8, 4) is 17.2 Å². The molecule has 0 bridgehead atoms. The van der Waals surface area contributed by atoms with Crippen LogP contribution in [0.2, 0.25) is 5.02 Å². The summed E-state index contributed by atoms with van der Waals surface area (Å²) in [7, 11) is 0. The van der Waals surface area contributed by atoms with Crippen LogP contribution in [0.4, 0.5) is 4.39 Å². The van der Waals surface area contributed by atoms with Crippen molar-refractivity contribution in [3.63, 3.8) is 0 Å². The van der Waals surface area contributed by atoms with Crippen LogP contribution in [-0.2, 0) is 16.0 Å². The van der Waals surface area contributed by atoms with E-state index in [9.17, 15) is 24.0 Å². The highest BCUT2D eigenvalue weighted by Crippen LogP contribution is 2.28. The van der Waals surface area contributed by atoms with E-state index in [1.54, 1.807) is 45.0 Å². The number of nitriles is 1. The Labute approximate surface area is 207 Å². The maximum absolute atomic E-state index is 15.0. The lowest BCUT2D eigenvalue weighted by Crippen LogP contribution is -2.29. The van der Waals surface area contributed by atoms with E-state index in [0.29, 0.717) is 16.1 Å². The number of ketones is 1. The topological polar surface area (TPSA) is 89.2 Å². The molecule has 8 heteroatoms. The molecule has 0 amide bonds. The van der Waals surface area contributed by atoms with Gasteiger partial charge < -0.3 is 9.30 Å². The molecule has 1 atom stereocenters. The number of rotatable bonds is 6. The van der Waals surface area contributed by atoms with E-state index >= 15 is 0 Å². The third kappa shape index (κ3) is 6.23. The number of esters is 1. The van der Waals surface area contributed by atoms with Gasteiger partial charge in [0.15, 0.2) is 5.78 Å². The summed E-state index contributed by atoms with van der Waals surface area (Å²) in [6, 6.07) is 12.9. The van der Waals surface area contributed by atoms with Gasteiger partial charge in [-0.3, -0.25) is 9.59 Å². The minimum absolute atomic E-state index is 0.0154. The van der Waals surface area contributed by atoms with E-state index in [1.165, 1.54) is 25.1 Å². The maximum atomic E-state index is 15.0. The number of carbonyl (C=O) groups is 2. The third-order valence-corrected chi connectivity index (χ3v) is 5.51. The molecule has 2 aromatic carbocycles. The standard InChI is InChI=1S/C27H24ClFN2O4/c1-16(24(32)11-17-5-7-18(8-6-17)26(34)35-27(2,3)4)31-15-23(29)22(13-25(31)33)21-12-20(28)10-9-19(21)14-30/h5-10,12-13,15-16H,11H2,1-4H3. The van der Waals surface area contributed by atoms with Crippen LogP contribution in [-0.4, -0.2) is 21.9 Å². The summed E-state index contributed by atoms with van der Waals surface area (Å²) in [6.45, 7) is 6.83. The van der Waals surface area contributed by atoms with Crippen LogP contribution < -0.4 is 5.56 Å². The first kappa shape index (κ1) is 25.9. The largest absolute Gasteiger partial charge is 0.456 e. The van der Waals surface area contributed by atoms with E-state index in [0.717, 1.165) is 16.8 Å². The Bertz CT molecular complexity index is 1380. The predicted octanol–water partition coefficient (Wildman–Crippen LogP) is 5.51. The number of Topliss-reactive ketones (excluding diaryl/α,β-unsaturated/α-hetero) is 1. The number of benzene rings is 2. The molecule has 0 aliphatic carbocycles. The van der Waals surface area contributed by atoms with Crippen LogP contribution in [0, 0.1) is 17.1 Å². The van der Waals surface area contributed by atoms with Gasteiger partial charge in [-0.1, -0.05) is 23.7 Å². The molecular formula is C27H24ClFN2O4. The fourth-order valence-corrected chi connectivity index (χ4v) is 3.64. The second-order valence-electron chi connectivity index (χ2n) is 9.10. The van der Waals surface area contributed by atoms with Gasteiger partial charge in [-0.05, 0) is 63.6 Å². The number of nitrogens with zero attached hydrogens (tertiary/aromatic N) is 2. The zero-order valence-electron chi connectivity index (χ0n) is 19.8. The lowest BCUT2D eigenvalue weighted by Gasteiger charge is -2.19. The second kappa shape index (κ2) is 10.2. The van der Waals surface area contributed by atoms with Crippen LogP contribution in [0.15, 0.2) is 59.5 Å². The summed E-state index contributed by atoms with van der Waals surface area (Å²) in [6.07, 6.45) is 0.951. The number of aromatic nitrogens is 1. The highest BCUT2D eigenvalue weighted by Gasteiger charge is 2.21. The van der Waals surface area contributed by atoms with Crippen LogP contribution >= 0.6 is 11.6 Å².